The van der Waals surface area contributed by atoms with E-state index in [4.69, 9.17) is 9.47 Å². The Morgan fingerprint density at radius 3 is 1.57 bits per heavy atom. The van der Waals surface area contributed by atoms with Crippen LogP contribution in [0.3, 0.4) is 0 Å². The number of aromatic amines is 2. The van der Waals surface area contributed by atoms with Crippen LogP contribution in [0.4, 0.5) is 0 Å². The molecule has 6 heteroatoms. The minimum atomic E-state index is -0.292. The molecule has 6 nitrogen and oxygen atoms in total. The lowest BCUT2D eigenvalue weighted by Gasteiger charge is -2.14. The van der Waals surface area contributed by atoms with Crippen LogP contribution in [0.25, 0.3) is 21.8 Å². The molecule has 0 bridgehead atoms. The van der Waals surface area contributed by atoms with Crippen LogP contribution in [-0.2, 0) is 31.9 Å². The van der Waals surface area contributed by atoms with Gasteiger partial charge in [-0.05, 0) is 23.3 Å². The third-order valence-electron chi connectivity index (χ3n) is 5.66. The fourth-order valence-electron chi connectivity index (χ4n) is 4.14. The van der Waals surface area contributed by atoms with E-state index in [1.54, 1.807) is 0 Å². The molecular formula is C24H24N2O4. The van der Waals surface area contributed by atoms with Crippen molar-refractivity contribution in [2.24, 2.45) is 0 Å². The summed E-state index contributed by atoms with van der Waals surface area (Å²) in [7, 11) is 2.79. The second-order valence-corrected chi connectivity index (χ2v) is 7.35. The van der Waals surface area contributed by atoms with Gasteiger partial charge in [-0.1, -0.05) is 43.3 Å². The summed E-state index contributed by atoms with van der Waals surface area (Å²) in [5, 5.41) is 1.99. The molecular weight excluding hydrogens is 380 g/mol. The second-order valence-electron chi connectivity index (χ2n) is 7.35. The number of carbonyl (C=O) groups excluding carboxylic acids is 2. The zero-order valence-electron chi connectivity index (χ0n) is 17.2. The Hall–Kier alpha value is -3.54. The monoisotopic (exact) mass is 404 g/mol. The largest absolute Gasteiger partial charge is 0.469 e. The molecule has 0 amide bonds. The van der Waals surface area contributed by atoms with E-state index in [2.05, 4.69) is 16.9 Å². The van der Waals surface area contributed by atoms with Crippen molar-refractivity contribution < 1.29 is 19.1 Å². The van der Waals surface area contributed by atoms with Crippen molar-refractivity contribution in [2.45, 2.75) is 25.7 Å². The van der Waals surface area contributed by atoms with E-state index in [-0.39, 0.29) is 30.7 Å². The zero-order valence-corrected chi connectivity index (χ0v) is 17.2. The molecule has 30 heavy (non-hydrogen) atoms. The predicted octanol–water partition coefficient (Wildman–Crippen LogP) is 4.23. The van der Waals surface area contributed by atoms with Crippen molar-refractivity contribution in [3.8, 4) is 0 Å². The van der Waals surface area contributed by atoms with Crippen LogP contribution in [-0.4, -0.2) is 36.1 Å². The van der Waals surface area contributed by atoms with Crippen LogP contribution in [0, 0.1) is 0 Å². The lowest BCUT2D eigenvalue weighted by Crippen LogP contribution is -2.11. The van der Waals surface area contributed by atoms with Gasteiger partial charge in [0.05, 0.1) is 27.1 Å². The summed E-state index contributed by atoms with van der Waals surface area (Å²) in [6.45, 7) is 2.07. The summed E-state index contributed by atoms with van der Waals surface area (Å²) in [6.07, 6.45) is 0.347. The molecule has 2 heterocycles. The molecule has 0 aliphatic heterocycles. The second kappa shape index (κ2) is 8.06. The van der Waals surface area contributed by atoms with Gasteiger partial charge in [0, 0.05) is 39.1 Å². The topological polar surface area (TPSA) is 84.2 Å². The van der Waals surface area contributed by atoms with Crippen molar-refractivity contribution in [1.82, 2.24) is 9.97 Å². The van der Waals surface area contributed by atoms with Crippen LogP contribution in [0.15, 0.2) is 48.5 Å². The standard InChI is InChI=1S/C24H24N2O4/c1-14(23-17(12-21(27)29-2)15-8-4-6-10-19(15)25-23)24-18(13-22(28)30-3)16-9-5-7-11-20(16)26-24/h4-11,14,25-26H,12-13H2,1-3H3. The number of nitrogens with one attached hydrogen (secondary N) is 2. The molecule has 0 aliphatic carbocycles. The molecule has 2 N–H and O–H groups in total. The molecule has 0 saturated carbocycles. The van der Waals surface area contributed by atoms with E-state index in [1.807, 2.05) is 48.5 Å². The Balaban J connectivity index is 1.88. The minimum absolute atomic E-state index is 0.107. The van der Waals surface area contributed by atoms with Gasteiger partial charge in [0.15, 0.2) is 0 Å². The average Bonchev–Trinajstić information content (AvgIpc) is 3.32. The third-order valence-corrected chi connectivity index (χ3v) is 5.66. The van der Waals surface area contributed by atoms with Gasteiger partial charge in [0.1, 0.15) is 0 Å². The maximum Gasteiger partial charge on any atom is 0.310 e. The van der Waals surface area contributed by atoms with E-state index in [1.165, 1.54) is 14.2 Å². The molecule has 4 aromatic rings. The number of para-hydroxylation sites is 2. The molecule has 0 atom stereocenters. The van der Waals surface area contributed by atoms with E-state index in [0.29, 0.717) is 0 Å². The number of ether oxygens (including phenoxy) is 2. The normalized spacial score (nSPS) is 11.3. The number of hydrogen-bond acceptors (Lipinski definition) is 4. The number of fused-ring (bicyclic) bond motifs is 2. The summed E-state index contributed by atoms with van der Waals surface area (Å²) in [5.41, 5.74) is 5.60. The summed E-state index contributed by atoms with van der Waals surface area (Å²) < 4.78 is 9.86. The molecule has 0 aliphatic rings. The molecule has 0 radical (unpaired) electrons. The van der Waals surface area contributed by atoms with Gasteiger partial charge in [0.2, 0.25) is 0 Å². The van der Waals surface area contributed by atoms with Crippen molar-refractivity contribution in [1.29, 1.82) is 0 Å². The highest BCUT2D eigenvalue weighted by atomic mass is 16.5. The third kappa shape index (κ3) is 3.45. The number of benzene rings is 2. The van der Waals surface area contributed by atoms with Crippen LogP contribution >= 0.6 is 0 Å². The Kier molecular flexibility index (Phi) is 5.31. The van der Waals surface area contributed by atoms with Crippen LogP contribution in [0.5, 0.6) is 0 Å². The number of methoxy groups -OCH3 is 2. The quantitative estimate of drug-likeness (QED) is 0.471. The van der Waals surface area contributed by atoms with Crippen molar-refractivity contribution in [3.05, 3.63) is 71.0 Å². The van der Waals surface area contributed by atoms with Crippen LogP contribution < -0.4 is 0 Å². The number of rotatable bonds is 6. The van der Waals surface area contributed by atoms with E-state index < -0.39 is 0 Å². The Labute approximate surface area is 174 Å². The minimum Gasteiger partial charge on any atom is -0.469 e. The first-order valence-corrected chi connectivity index (χ1v) is 9.86. The van der Waals surface area contributed by atoms with Crippen LogP contribution in [0.2, 0.25) is 0 Å². The fourth-order valence-corrected chi connectivity index (χ4v) is 4.14. The van der Waals surface area contributed by atoms with Crippen molar-refractivity contribution in [3.63, 3.8) is 0 Å². The maximum absolute atomic E-state index is 12.1. The van der Waals surface area contributed by atoms with Gasteiger partial charge in [-0.2, -0.15) is 0 Å². The number of esters is 2. The van der Waals surface area contributed by atoms with E-state index in [9.17, 15) is 9.59 Å². The molecule has 4 rings (SSSR count). The molecule has 0 saturated heterocycles. The first kappa shape index (κ1) is 19.8. The molecule has 2 aromatic heterocycles. The lowest BCUT2D eigenvalue weighted by molar-refractivity contribution is -0.140. The van der Waals surface area contributed by atoms with E-state index in [0.717, 1.165) is 44.3 Å². The highest BCUT2D eigenvalue weighted by Crippen LogP contribution is 2.36. The van der Waals surface area contributed by atoms with Crippen molar-refractivity contribution >= 4 is 33.7 Å². The first-order valence-electron chi connectivity index (χ1n) is 9.86. The van der Waals surface area contributed by atoms with Gasteiger partial charge in [-0.25, -0.2) is 0 Å². The molecule has 0 spiro atoms. The summed E-state index contributed by atoms with van der Waals surface area (Å²) in [6, 6.07) is 15.8. The molecule has 0 unspecified atom stereocenters. The predicted molar refractivity (Wildman–Crippen MR) is 116 cm³/mol. The maximum atomic E-state index is 12.1. The Morgan fingerprint density at radius 1 is 0.767 bits per heavy atom. The van der Waals surface area contributed by atoms with Crippen molar-refractivity contribution in [2.75, 3.05) is 14.2 Å². The smallest absolute Gasteiger partial charge is 0.310 e. The Morgan fingerprint density at radius 2 is 1.17 bits per heavy atom. The Bertz CT molecular complexity index is 1140. The van der Waals surface area contributed by atoms with Gasteiger partial charge in [0.25, 0.3) is 0 Å². The SMILES string of the molecule is COC(=O)Cc1c(C(C)c2[nH]c3ccccc3c2CC(=O)OC)[nH]c2ccccc12. The molecule has 2 aromatic carbocycles. The van der Waals surface area contributed by atoms with E-state index >= 15 is 0 Å². The fraction of sp³-hybridized carbons (Fsp3) is 0.250. The van der Waals surface area contributed by atoms with Gasteiger partial charge >= 0.3 is 11.9 Å². The zero-order chi connectivity index (χ0) is 21.3. The summed E-state index contributed by atoms with van der Waals surface area (Å²) in [5.74, 6) is -0.691. The number of carbonyl (C=O) groups is 2. The van der Waals surface area contributed by atoms with Gasteiger partial charge in [-0.15, -0.1) is 0 Å². The number of aromatic nitrogens is 2. The first-order chi connectivity index (χ1) is 14.5. The highest BCUT2D eigenvalue weighted by molar-refractivity contribution is 5.91. The number of H-pyrrole nitrogens is 2. The molecule has 0 fully saturated rings. The van der Waals surface area contributed by atoms with Gasteiger partial charge < -0.3 is 19.4 Å². The van der Waals surface area contributed by atoms with Gasteiger partial charge in [-0.3, -0.25) is 9.59 Å². The number of hydrogen-bond donors (Lipinski definition) is 2. The van der Waals surface area contributed by atoms with Crippen LogP contribution in [0.1, 0.15) is 35.4 Å². The summed E-state index contributed by atoms with van der Waals surface area (Å²) in [4.78, 5) is 31.2. The summed E-state index contributed by atoms with van der Waals surface area (Å²) >= 11 is 0. The molecule has 154 valence electrons. The lowest BCUT2D eigenvalue weighted by atomic mass is 9.93. The average molecular weight is 404 g/mol. The highest BCUT2D eigenvalue weighted by Gasteiger charge is 2.25.